The molecule has 0 heterocycles. The molecule has 174 valence electrons. The van der Waals surface area contributed by atoms with Crippen LogP contribution in [0.1, 0.15) is 13.3 Å². The van der Waals surface area contributed by atoms with Gasteiger partial charge >= 0.3 is 0 Å². The van der Waals surface area contributed by atoms with E-state index in [2.05, 4.69) is 0 Å². The van der Waals surface area contributed by atoms with Crippen LogP contribution >= 0.6 is 11.6 Å². The van der Waals surface area contributed by atoms with Crippen molar-refractivity contribution in [2.24, 2.45) is 0 Å². The SMILES string of the molecule is CCOCCOCCOCCOCCOCCOCCOCCOCCC(=O)Cl. The molecule has 0 unspecified atom stereocenters. The molecule has 0 aliphatic carbocycles. The average Bonchev–Trinajstić information content (AvgIpc) is 2.71. The lowest BCUT2D eigenvalue weighted by molar-refractivity contribution is -0.112. The first-order valence-electron chi connectivity index (χ1n) is 10.1. The molecule has 29 heavy (non-hydrogen) atoms. The third-order valence-corrected chi connectivity index (χ3v) is 3.44. The summed E-state index contributed by atoms with van der Waals surface area (Å²) in [4.78, 5) is 10.5. The van der Waals surface area contributed by atoms with Gasteiger partial charge in [0.1, 0.15) is 0 Å². The topological polar surface area (TPSA) is 90.9 Å². The maximum Gasteiger partial charge on any atom is 0.223 e. The van der Waals surface area contributed by atoms with Crippen LogP contribution in [-0.2, 0) is 42.7 Å². The molecule has 0 aromatic heterocycles. The average molecular weight is 445 g/mol. The van der Waals surface area contributed by atoms with E-state index in [9.17, 15) is 4.79 Å². The van der Waals surface area contributed by atoms with Gasteiger partial charge in [-0.3, -0.25) is 4.79 Å². The van der Waals surface area contributed by atoms with Crippen molar-refractivity contribution < 1.29 is 42.7 Å². The van der Waals surface area contributed by atoms with Crippen LogP contribution in [0.2, 0.25) is 0 Å². The van der Waals surface area contributed by atoms with Crippen molar-refractivity contribution in [2.45, 2.75) is 13.3 Å². The standard InChI is InChI=1S/C19H37ClO9/c1-2-22-5-6-24-9-10-26-13-14-28-17-18-29-16-15-27-12-11-25-8-7-23-4-3-19(20)21/h2-18H2,1H3. The third-order valence-electron chi connectivity index (χ3n) is 3.25. The van der Waals surface area contributed by atoms with Crippen LogP contribution < -0.4 is 0 Å². The summed E-state index contributed by atoms with van der Waals surface area (Å²) in [5.41, 5.74) is 0. The first kappa shape index (κ1) is 28.6. The molecule has 0 radical (unpaired) electrons. The van der Waals surface area contributed by atoms with Gasteiger partial charge in [-0.1, -0.05) is 0 Å². The number of hydrogen-bond donors (Lipinski definition) is 0. The van der Waals surface area contributed by atoms with E-state index >= 15 is 0 Å². The van der Waals surface area contributed by atoms with E-state index in [1.807, 2.05) is 6.92 Å². The Morgan fingerprint density at radius 3 is 0.966 bits per heavy atom. The predicted molar refractivity (Wildman–Crippen MR) is 108 cm³/mol. The highest BCUT2D eigenvalue weighted by Crippen LogP contribution is 1.90. The molecule has 0 N–H and O–H groups in total. The smallest absolute Gasteiger partial charge is 0.223 e. The first-order valence-corrected chi connectivity index (χ1v) is 10.5. The van der Waals surface area contributed by atoms with Crippen LogP contribution in [-0.4, -0.2) is 111 Å². The van der Waals surface area contributed by atoms with Gasteiger partial charge in [-0.15, -0.1) is 0 Å². The second-order valence-corrected chi connectivity index (χ2v) is 6.01. The fourth-order valence-corrected chi connectivity index (χ4v) is 1.91. The van der Waals surface area contributed by atoms with Crippen molar-refractivity contribution >= 4 is 16.8 Å². The number of carbonyl (C=O) groups excluding carboxylic acids is 1. The van der Waals surface area contributed by atoms with E-state index in [-0.39, 0.29) is 6.42 Å². The van der Waals surface area contributed by atoms with Gasteiger partial charge < -0.3 is 37.9 Å². The Balaban J connectivity index is 2.99. The molecule has 0 aromatic carbocycles. The summed E-state index contributed by atoms with van der Waals surface area (Å²) in [6.07, 6.45) is 0.217. The van der Waals surface area contributed by atoms with Crippen molar-refractivity contribution in [1.29, 1.82) is 0 Å². The zero-order chi connectivity index (χ0) is 21.3. The molecule has 0 bridgehead atoms. The van der Waals surface area contributed by atoms with Crippen molar-refractivity contribution in [3.05, 3.63) is 0 Å². The maximum atomic E-state index is 10.5. The lowest BCUT2D eigenvalue weighted by Gasteiger charge is -2.08. The molecular formula is C19H37ClO9. The predicted octanol–water partition coefficient (Wildman–Crippen LogP) is 1.29. The molecule has 0 aliphatic rings. The molecule has 9 nitrogen and oxygen atoms in total. The van der Waals surface area contributed by atoms with Crippen LogP contribution in [0.25, 0.3) is 0 Å². The summed E-state index contributed by atoms with van der Waals surface area (Å²) in [6, 6.07) is 0. The van der Waals surface area contributed by atoms with E-state index < -0.39 is 5.24 Å². The molecule has 0 aliphatic heterocycles. The monoisotopic (exact) mass is 444 g/mol. The summed E-state index contributed by atoms with van der Waals surface area (Å²) in [5.74, 6) is 0. The molecule has 0 saturated carbocycles. The highest BCUT2D eigenvalue weighted by Gasteiger charge is 1.96. The summed E-state index contributed by atoms with van der Waals surface area (Å²) < 4.78 is 42.5. The number of carbonyl (C=O) groups is 1. The van der Waals surface area contributed by atoms with Crippen LogP contribution in [0.5, 0.6) is 0 Å². The molecule has 10 heteroatoms. The summed E-state index contributed by atoms with van der Waals surface area (Å²) in [5, 5.41) is -0.395. The van der Waals surface area contributed by atoms with Gasteiger partial charge in [0.05, 0.1) is 99.1 Å². The van der Waals surface area contributed by atoms with Gasteiger partial charge in [0.2, 0.25) is 5.24 Å². The maximum absolute atomic E-state index is 10.5. The minimum atomic E-state index is -0.395. The third kappa shape index (κ3) is 27.6. The molecule has 0 fully saturated rings. The fourth-order valence-electron chi connectivity index (χ4n) is 1.84. The van der Waals surface area contributed by atoms with Gasteiger partial charge in [-0.25, -0.2) is 0 Å². The van der Waals surface area contributed by atoms with Crippen LogP contribution in [0.15, 0.2) is 0 Å². The second-order valence-electron chi connectivity index (χ2n) is 5.59. The van der Waals surface area contributed by atoms with Crippen molar-refractivity contribution in [3.63, 3.8) is 0 Å². The van der Waals surface area contributed by atoms with Gasteiger partial charge in [-0.05, 0) is 18.5 Å². The lowest BCUT2D eigenvalue weighted by atomic mass is 10.5. The van der Waals surface area contributed by atoms with Crippen LogP contribution in [0.4, 0.5) is 0 Å². The lowest BCUT2D eigenvalue weighted by Crippen LogP contribution is -2.15. The van der Waals surface area contributed by atoms with Crippen molar-refractivity contribution in [1.82, 2.24) is 0 Å². The fraction of sp³-hybridized carbons (Fsp3) is 0.947. The molecule has 0 atom stereocenters. The van der Waals surface area contributed by atoms with Crippen molar-refractivity contribution in [2.75, 3.05) is 106 Å². The summed E-state index contributed by atoms with van der Waals surface area (Å²) in [7, 11) is 0. The van der Waals surface area contributed by atoms with Gasteiger partial charge in [0, 0.05) is 13.0 Å². The largest absolute Gasteiger partial charge is 0.379 e. The number of halogens is 1. The van der Waals surface area contributed by atoms with Gasteiger partial charge in [0.15, 0.2) is 0 Å². The Bertz CT molecular complexity index is 335. The summed E-state index contributed by atoms with van der Waals surface area (Å²) in [6.45, 7) is 10.3. The molecule has 0 rings (SSSR count). The molecular weight excluding hydrogens is 408 g/mol. The number of hydrogen-bond acceptors (Lipinski definition) is 9. The first-order chi connectivity index (χ1) is 14.3. The molecule has 0 saturated heterocycles. The minimum Gasteiger partial charge on any atom is -0.379 e. The van der Waals surface area contributed by atoms with E-state index in [1.54, 1.807) is 0 Å². The van der Waals surface area contributed by atoms with E-state index in [4.69, 9.17) is 49.5 Å². The number of ether oxygens (including phenoxy) is 8. The molecule has 0 spiro atoms. The Hall–Kier alpha value is -0.360. The second kappa shape index (κ2) is 25.7. The highest BCUT2D eigenvalue weighted by molar-refractivity contribution is 6.63. The Labute approximate surface area is 179 Å². The zero-order valence-corrected chi connectivity index (χ0v) is 18.3. The minimum absolute atomic E-state index is 0.217. The quantitative estimate of drug-likeness (QED) is 0.152. The summed E-state index contributed by atoms with van der Waals surface area (Å²) >= 11 is 5.18. The molecule has 0 aromatic rings. The van der Waals surface area contributed by atoms with Gasteiger partial charge in [0.25, 0.3) is 0 Å². The molecule has 0 amide bonds. The Morgan fingerprint density at radius 2 is 0.724 bits per heavy atom. The van der Waals surface area contributed by atoms with E-state index in [0.29, 0.717) is 106 Å². The van der Waals surface area contributed by atoms with Crippen LogP contribution in [0, 0.1) is 0 Å². The Kier molecular flexibility index (Phi) is 25.4. The normalized spacial score (nSPS) is 11.2. The zero-order valence-electron chi connectivity index (χ0n) is 17.6. The van der Waals surface area contributed by atoms with Crippen LogP contribution in [0.3, 0.4) is 0 Å². The van der Waals surface area contributed by atoms with Gasteiger partial charge in [-0.2, -0.15) is 0 Å². The highest BCUT2D eigenvalue weighted by atomic mass is 35.5. The van der Waals surface area contributed by atoms with Crippen molar-refractivity contribution in [3.8, 4) is 0 Å². The van der Waals surface area contributed by atoms with E-state index in [1.165, 1.54) is 0 Å². The number of rotatable bonds is 25. The Morgan fingerprint density at radius 1 is 0.483 bits per heavy atom. The van der Waals surface area contributed by atoms with E-state index in [0.717, 1.165) is 0 Å².